The van der Waals surface area contributed by atoms with Gasteiger partial charge >= 0.3 is 0 Å². The number of halogens is 3. The zero-order valence-corrected chi connectivity index (χ0v) is 21.7. The van der Waals surface area contributed by atoms with Gasteiger partial charge in [0.1, 0.15) is 11.6 Å². The number of hydrogen-bond donors (Lipinski definition) is 3. The summed E-state index contributed by atoms with van der Waals surface area (Å²) in [5.41, 5.74) is 5.67. The Labute approximate surface area is 228 Å². The number of carbonyl (C=O) groups is 1. The predicted octanol–water partition coefficient (Wildman–Crippen LogP) is 4.76. The summed E-state index contributed by atoms with van der Waals surface area (Å²) in [6, 6.07) is 10.9. The number of primary amides is 1. The van der Waals surface area contributed by atoms with Crippen LogP contribution in [0.15, 0.2) is 55.0 Å². The lowest BCUT2D eigenvalue weighted by atomic mass is 9.85. The summed E-state index contributed by atoms with van der Waals surface area (Å²) in [4.78, 5) is 16.5. The molecule has 0 bridgehead atoms. The van der Waals surface area contributed by atoms with Gasteiger partial charge in [-0.1, -0.05) is 41.9 Å². The second-order valence-corrected chi connectivity index (χ2v) is 10.7. The Kier molecular flexibility index (Phi) is 6.53. The summed E-state index contributed by atoms with van der Waals surface area (Å²) in [6.07, 6.45) is 7.28. The van der Waals surface area contributed by atoms with E-state index in [1.807, 2.05) is 30.3 Å². The van der Waals surface area contributed by atoms with Gasteiger partial charge in [-0.3, -0.25) is 4.79 Å². The fourth-order valence-corrected chi connectivity index (χ4v) is 6.11. The Balaban J connectivity index is 1.49. The molecule has 1 aliphatic carbocycles. The minimum absolute atomic E-state index is 0.0297. The lowest BCUT2D eigenvalue weighted by Gasteiger charge is -2.34. The molecule has 0 unspecified atom stereocenters. The highest BCUT2D eigenvalue weighted by molar-refractivity contribution is 6.34. The molecule has 3 heterocycles. The maximum atomic E-state index is 16.0. The average Bonchev–Trinajstić information content (AvgIpc) is 3.56. The molecule has 10 heteroatoms. The van der Waals surface area contributed by atoms with Gasteiger partial charge in [-0.25, -0.2) is 13.8 Å². The first-order chi connectivity index (χ1) is 18.8. The molecule has 0 saturated heterocycles. The van der Waals surface area contributed by atoms with E-state index in [1.165, 1.54) is 29.1 Å². The zero-order chi connectivity index (χ0) is 27.3. The summed E-state index contributed by atoms with van der Waals surface area (Å²) in [5, 5.41) is 13.2. The molecule has 7 nitrogen and oxygen atoms in total. The van der Waals surface area contributed by atoms with Crippen LogP contribution in [0.5, 0.6) is 5.75 Å². The molecule has 1 fully saturated rings. The quantitative estimate of drug-likeness (QED) is 0.320. The van der Waals surface area contributed by atoms with Gasteiger partial charge in [-0.05, 0) is 31.2 Å². The van der Waals surface area contributed by atoms with Crippen molar-refractivity contribution in [2.45, 2.75) is 49.9 Å². The van der Waals surface area contributed by atoms with Crippen LogP contribution in [0, 0.1) is 11.6 Å². The Morgan fingerprint density at radius 3 is 2.67 bits per heavy atom. The minimum atomic E-state index is -0.952. The summed E-state index contributed by atoms with van der Waals surface area (Å²) >= 11 is 6.52. The highest BCUT2D eigenvalue weighted by Gasteiger charge is 2.44. The second-order valence-electron chi connectivity index (χ2n) is 10.3. The molecule has 2 aromatic carbocycles. The normalized spacial score (nSPS) is 22.6. The molecule has 2 aliphatic rings. The van der Waals surface area contributed by atoms with Crippen LogP contribution in [0.1, 0.15) is 47.2 Å². The predicted molar refractivity (Wildman–Crippen MR) is 143 cm³/mol. The fourth-order valence-electron chi connectivity index (χ4n) is 5.84. The molecule has 4 N–H and O–H groups in total. The van der Waals surface area contributed by atoms with Crippen LogP contribution >= 0.6 is 11.6 Å². The van der Waals surface area contributed by atoms with Gasteiger partial charge < -0.3 is 25.3 Å². The highest BCUT2D eigenvalue weighted by Crippen LogP contribution is 2.50. The van der Waals surface area contributed by atoms with E-state index >= 15 is 8.78 Å². The van der Waals surface area contributed by atoms with Crippen molar-refractivity contribution in [1.82, 2.24) is 14.7 Å². The Morgan fingerprint density at radius 2 is 1.95 bits per heavy atom. The van der Waals surface area contributed by atoms with Crippen LogP contribution in [0.4, 0.5) is 8.78 Å². The number of rotatable bonds is 6. The lowest BCUT2D eigenvalue weighted by Crippen LogP contribution is -2.46. The van der Waals surface area contributed by atoms with Crippen LogP contribution in [0.25, 0.3) is 16.8 Å². The van der Waals surface area contributed by atoms with E-state index in [2.05, 4.69) is 10.3 Å². The van der Waals surface area contributed by atoms with E-state index in [0.717, 1.165) is 18.4 Å². The summed E-state index contributed by atoms with van der Waals surface area (Å²) in [5.74, 6) is -2.30. The Bertz CT molecular complexity index is 1570. The number of nitrogens with one attached hydrogen (secondary N) is 1. The summed E-state index contributed by atoms with van der Waals surface area (Å²) in [6.45, 7) is 0.385. The number of aliphatic hydroxyl groups is 1. The van der Waals surface area contributed by atoms with Crippen molar-refractivity contribution in [3.8, 4) is 16.9 Å². The first-order valence-electron chi connectivity index (χ1n) is 12.9. The SMILES string of the molecule is NC(=O)c1cn2ccnc2c(F)c1-c1c(Cl)c(F)cc2c1C[C@@](CNC1CCC(O)CC1)(c1ccccc1)O2. The molecule has 0 spiro atoms. The number of hydrogen-bond acceptors (Lipinski definition) is 5. The molecule has 2 aromatic heterocycles. The molecule has 1 aliphatic heterocycles. The number of pyridine rings is 1. The van der Waals surface area contributed by atoms with Crippen LogP contribution in [0.2, 0.25) is 5.02 Å². The number of ether oxygens (including phenoxy) is 1. The van der Waals surface area contributed by atoms with Gasteiger partial charge in [0.15, 0.2) is 17.1 Å². The Morgan fingerprint density at radius 1 is 1.21 bits per heavy atom. The van der Waals surface area contributed by atoms with Gasteiger partial charge in [0.05, 0.1) is 16.7 Å². The number of nitrogens with two attached hydrogens (primary N) is 1. The number of amides is 1. The van der Waals surface area contributed by atoms with E-state index in [4.69, 9.17) is 22.1 Å². The molecule has 1 saturated carbocycles. The van der Waals surface area contributed by atoms with Crippen LogP contribution in [-0.2, 0) is 12.0 Å². The smallest absolute Gasteiger partial charge is 0.250 e. The number of benzene rings is 2. The van der Waals surface area contributed by atoms with E-state index in [0.29, 0.717) is 24.9 Å². The van der Waals surface area contributed by atoms with Crippen LogP contribution in [-0.4, -0.2) is 39.1 Å². The van der Waals surface area contributed by atoms with Crippen molar-refractivity contribution in [2.24, 2.45) is 5.73 Å². The number of imidazole rings is 1. The first kappa shape index (κ1) is 25.7. The average molecular weight is 553 g/mol. The maximum Gasteiger partial charge on any atom is 0.250 e. The minimum Gasteiger partial charge on any atom is -0.480 e. The molecule has 202 valence electrons. The molecular formula is C29H27ClF2N4O3. The van der Waals surface area contributed by atoms with E-state index in [1.54, 1.807) is 0 Å². The molecular weight excluding hydrogens is 526 g/mol. The van der Waals surface area contributed by atoms with Crippen molar-refractivity contribution in [3.63, 3.8) is 0 Å². The summed E-state index contributed by atoms with van der Waals surface area (Å²) in [7, 11) is 0. The zero-order valence-electron chi connectivity index (χ0n) is 21.0. The number of nitrogens with zero attached hydrogens (tertiary/aromatic N) is 2. The van der Waals surface area contributed by atoms with Gasteiger partial charge in [-0.2, -0.15) is 0 Å². The Hall–Kier alpha value is -3.53. The van der Waals surface area contributed by atoms with Crippen molar-refractivity contribution < 1.29 is 23.4 Å². The van der Waals surface area contributed by atoms with Gasteiger partial charge in [0.25, 0.3) is 5.91 Å². The van der Waals surface area contributed by atoms with Gasteiger partial charge in [0, 0.05) is 60.4 Å². The molecule has 6 rings (SSSR count). The van der Waals surface area contributed by atoms with Crippen LogP contribution < -0.4 is 15.8 Å². The number of aliphatic hydroxyl groups excluding tert-OH is 1. The first-order valence-corrected chi connectivity index (χ1v) is 13.3. The van der Waals surface area contributed by atoms with E-state index < -0.39 is 23.1 Å². The van der Waals surface area contributed by atoms with Crippen molar-refractivity contribution in [2.75, 3.05) is 6.54 Å². The molecule has 0 radical (unpaired) electrons. The van der Waals surface area contributed by atoms with Crippen LogP contribution in [0.3, 0.4) is 0 Å². The van der Waals surface area contributed by atoms with E-state index in [-0.39, 0.29) is 51.7 Å². The van der Waals surface area contributed by atoms with Gasteiger partial charge in [-0.15, -0.1) is 0 Å². The second kappa shape index (κ2) is 9.89. The monoisotopic (exact) mass is 552 g/mol. The van der Waals surface area contributed by atoms with Gasteiger partial charge in [0.2, 0.25) is 0 Å². The fraction of sp³-hybridized carbons (Fsp3) is 0.310. The van der Waals surface area contributed by atoms with Crippen molar-refractivity contribution >= 4 is 23.2 Å². The number of fused-ring (bicyclic) bond motifs is 2. The van der Waals surface area contributed by atoms with Crippen molar-refractivity contribution in [1.29, 1.82) is 0 Å². The molecule has 4 aromatic rings. The number of aromatic nitrogens is 2. The van der Waals surface area contributed by atoms with Crippen molar-refractivity contribution in [3.05, 3.63) is 88.3 Å². The molecule has 39 heavy (non-hydrogen) atoms. The lowest BCUT2D eigenvalue weighted by molar-refractivity contribution is 0.0760. The largest absolute Gasteiger partial charge is 0.480 e. The topological polar surface area (TPSA) is 102 Å². The standard InChI is InChI=1S/C29H27ClF2N4O3/c30-25-21(31)12-22-19(23(25)24-20(27(33)38)14-36-11-10-34-28(36)26(24)32)13-29(39-22,16-4-2-1-3-5-16)15-35-17-6-8-18(37)9-7-17/h1-5,10-12,14,17-18,35,37H,6-9,13,15H2,(H2,33,38)/t17?,18?,29-/m1/s1. The molecule has 1 amide bonds. The number of carbonyl (C=O) groups excluding carboxylic acids is 1. The third-order valence-electron chi connectivity index (χ3n) is 7.86. The molecule has 1 atom stereocenters. The third-order valence-corrected chi connectivity index (χ3v) is 8.23. The van der Waals surface area contributed by atoms with E-state index in [9.17, 15) is 9.90 Å². The summed E-state index contributed by atoms with van der Waals surface area (Å²) < 4.78 is 39.2. The highest BCUT2D eigenvalue weighted by atomic mass is 35.5. The third kappa shape index (κ3) is 4.44. The maximum absolute atomic E-state index is 16.0.